The van der Waals surface area contributed by atoms with Crippen LogP contribution in [0, 0.1) is 6.92 Å². The van der Waals surface area contributed by atoms with Gasteiger partial charge in [0.1, 0.15) is 0 Å². The van der Waals surface area contributed by atoms with Crippen LogP contribution in [0.5, 0.6) is 11.5 Å². The molecule has 2 heterocycles. The molecule has 2 aromatic carbocycles. The molecule has 164 valence electrons. The molecule has 0 unspecified atom stereocenters. The molecule has 0 bridgehead atoms. The highest BCUT2D eigenvalue weighted by molar-refractivity contribution is 7.09. The lowest BCUT2D eigenvalue weighted by molar-refractivity contribution is 0.0910. The predicted molar refractivity (Wildman–Crippen MR) is 121 cm³/mol. The number of ether oxygens (including phenoxy) is 2. The van der Waals surface area contributed by atoms with Crippen LogP contribution in [0.15, 0.2) is 52.4 Å². The number of hydrogen-bond acceptors (Lipinski definition) is 8. The summed E-state index contributed by atoms with van der Waals surface area (Å²) in [6.45, 7) is 2.37. The van der Waals surface area contributed by atoms with Crippen LogP contribution in [0.2, 0.25) is 0 Å². The average molecular weight is 451 g/mol. The Morgan fingerprint density at radius 3 is 2.62 bits per heavy atom. The van der Waals surface area contributed by atoms with E-state index < -0.39 is 5.91 Å². The second-order valence-electron chi connectivity index (χ2n) is 6.95. The van der Waals surface area contributed by atoms with Crippen molar-refractivity contribution in [3.63, 3.8) is 0 Å². The van der Waals surface area contributed by atoms with Crippen molar-refractivity contribution in [1.29, 1.82) is 0 Å². The molecule has 0 atom stereocenters. The van der Waals surface area contributed by atoms with Crippen LogP contribution in [0.25, 0.3) is 22.6 Å². The number of carbonyl (C=O) groups excluding carboxylic acids is 1. The van der Waals surface area contributed by atoms with Gasteiger partial charge in [0.25, 0.3) is 0 Å². The van der Waals surface area contributed by atoms with Crippen molar-refractivity contribution >= 4 is 17.2 Å². The van der Waals surface area contributed by atoms with E-state index in [4.69, 9.17) is 14.0 Å². The SMILES string of the molecule is COc1ccc(CCNC(=O)c2nc(-c3cccc(-c4csc(C)n4)c3)no2)cc1OC. The van der Waals surface area contributed by atoms with Gasteiger partial charge in [0.2, 0.25) is 5.82 Å². The Kier molecular flexibility index (Phi) is 6.46. The maximum Gasteiger partial charge on any atom is 0.316 e. The molecule has 0 radical (unpaired) electrons. The minimum Gasteiger partial charge on any atom is -0.493 e. The van der Waals surface area contributed by atoms with Crippen LogP contribution in [-0.2, 0) is 6.42 Å². The minimum atomic E-state index is -0.421. The number of nitrogens with zero attached hydrogens (tertiary/aromatic N) is 3. The first-order chi connectivity index (χ1) is 15.6. The molecule has 4 rings (SSSR count). The van der Waals surface area contributed by atoms with E-state index in [1.54, 1.807) is 25.6 Å². The third kappa shape index (κ3) is 4.78. The van der Waals surface area contributed by atoms with Crippen LogP contribution < -0.4 is 14.8 Å². The van der Waals surface area contributed by atoms with E-state index in [2.05, 4.69) is 20.4 Å². The molecule has 8 nitrogen and oxygen atoms in total. The highest BCUT2D eigenvalue weighted by atomic mass is 32.1. The van der Waals surface area contributed by atoms with Gasteiger partial charge in [-0.3, -0.25) is 4.79 Å². The molecule has 0 saturated carbocycles. The smallest absolute Gasteiger partial charge is 0.316 e. The summed E-state index contributed by atoms with van der Waals surface area (Å²) in [7, 11) is 3.18. The molecule has 2 aromatic heterocycles. The Balaban J connectivity index is 1.39. The molecule has 0 saturated heterocycles. The zero-order valence-electron chi connectivity index (χ0n) is 17.9. The molecule has 1 amide bonds. The van der Waals surface area contributed by atoms with Gasteiger partial charge in [-0.05, 0) is 37.1 Å². The van der Waals surface area contributed by atoms with Gasteiger partial charge in [-0.2, -0.15) is 4.98 Å². The van der Waals surface area contributed by atoms with Gasteiger partial charge >= 0.3 is 11.8 Å². The van der Waals surface area contributed by atoms with Gasteiger partial charge in [0.05, 0.1) is 24.9 Å². The van der Waals surface area contributed by atoms with Crippen molar-refractivity contribution in [1.82, 2.24) is 20.4 Å². The van der Waals surface area contributed by atoms with Gasteiger partial charge in [0, 0.05) is 23.1 Å². The highest BCUT2D eigenvalue weighted by Crippen LogP contribution is 2.28. The van der Waals surface area contributed by atoms with Crippen LogP contribution in [-0.4, -0.2) is 41.8 Å². The van der Waals surface area contributed by atoms with Crippen molar-refractivity contribution in [2.75, 3.05) is 20.8 Å². The van der Waals surface area contributed by atoms with Crippen molar-refractivity contribution in [2.45, 2.75) is 13.3 Å². The van der Waals surface area contributed by atoms with E-state index >= 15 is 0 Å². The number of methoxy groups -OCH3 is 2. The van der Waals surface area contributed by atoms with Gasteiger partial charge < -0.3 is 19.3 Å². The number of aromatic nitrogens is 3. The number of nitrogens with one attached hydrogen (secondary N) is 1. The third-order valence-electron chi connectivity index (χ3n) is 4.80. The summed E-state index contributed by atoms with van der Waals surface area (Å²) in [5.74, 6) is 1.15. The Labute approximate surface area is 189 Å². The topological polar surface area (TPSA) is 99.4 Å². The molecule has 1 N–H and O–H groups in total. The molecule has 0 fully saturated rings. The third-order valence-corrected chi connectivity index (χ3v) is 5.58. The summed E-state index contributed by atoms with van der Waals surface area (Å²) < 4.78 is 15.7. The number of thiazole rings is 1. The molecule has 0 spiro atoms. The zero-order chi connectivity index (χ0) is 22.5. The maximum absolute atomic E-state index is 12.4. The quantitative estimate of drug-likeness (QED) is 0.430. The number of carbonyl (C=O) groups is 1. The summed E-state index contributed by atoms with van der Waals surface area (Å²) in [5.41, 5.74) is 3.60. The summed E-state index contributed by atoms with van der Waals surface area (Å²) >= 11 is 1.59. The summed E-state index contributed by atoms with van der Waals surface area (Å²) in [6, 6.07) is 13.3. The Morgan fingerprint density at radius 2 is 1.88 bits per heavy atom. The second kappa shape index (κ2) is 9.61. The minimum absolute atomic E-state index is 0.0813. The molecule has 4 aromatic rings. The monoisotopic (exact) mass is 450 g/mol. The standard InChI is InChI=1S/C23H22N4O4S/c1-14-25-18(13-32-14)16-5-4-6-17(12-16)21-26-23(31-27-21)22(28)24-10-9-15-7-8-19(29-2)20(11-15)30-3/h4-8,11-13H,9-10H2,1-3H3,(H,24,28). The number of hydrogen-bond donors (Lipinski definition) is 1. The Bertz CT molecular complexity index is 1230. The van der Waals surface area contributed by atoms with Crippen molar-refractivity contribution < 1.29 is 18.8 Å². The van der Waals surface area contributed by atoms with E-state index in [9.17, 15) is 4.79 Å². The average Bonchev–Trinajstić information content (AvgIpc) is 3.48. The number of aryl methyl sites for hydroxylation is 1. The van der Waals surface area contributed by atoms with Crippen LogP contribution in [0.1, 0.15) is 21.3 Å². The molecule has 32 heavy (non-hydrogen) atoms. The Hall–Kier alpha value is -3.72. The maximum atomic E-state index is 12.4. The van der Waals surface area contributed by atoms with E-state index in [1.165, 1.54) is 0 Å². The zero-order valence-corrected chi connectivity index (χ0v) is 18.7. The molecule has 0 aliphatic carbocycles. The van der Waals surface area contributed by atoms with E-state index in [0.29, 0.717) is 30.3 Å². The van der Waals surface area contributed by atoms with Gasteiger partial charge in [-0.25, -0.2) is 4.98 Å². The van der Waals surface area contributed by atoms with E-state index in [0.717, 1.165) is 27.4 Å². The first-order valence-corrected chi connectivity index (χ1v) is 10.8. The lowest BCUT2D eigenvalue weighted by Gasteiger charge is -2.09. The number of amides is 1. The van der Waals surface area contributed by atoms with Crippen LogP contribution >= 0.6 is 11.3 Å². The highest BCUT2D eigenvalue weighted by Gasteiger charge is 2.16. The summed E-state index contributed by atoms with van der Waals surface area (Å²) in [6.07, 6.45) is 0.613. The lowest BCUT2D eigenvalue weighted by atomic mass is 10.1. The fourth-order valence-corrected chi connectivity index (χ4v) is 3.80. The van der Waals surface area contributed by atoms with E-state index in [-0.39, 0.29) is 5.89 Å². The first-order valence-electron chi connectivity index (χ1n) is 9.93. The lowest BCUT2D eigenvalue weighted by Crippen LogP contribution is -2.26. The summed E-state index contributed by atoms with van der Waals surface area (Å²) in [5, 5.41) is 9.76. The number of benzene rings is 2. The van der Waals surface area contributed by atoms with E-state index in [1.807, 2.05) is 54.8 Å². The molecular formula is C23H22N4O4S. The summed E-state index contributed by atoms with van der Waals surface area (Å²) in [4.78, 5) is 21.2. The molecular weight excluding hydrogens is 428 g/mol. The largest absolute Gasteiger partial charge is 0.493 e. The predicted octanol–water partition coefficient (Wildman–Crippen LogP) is 4.16. The van der Waals surface area contributed by atoms with Crippen LogP contribution in [0.4, 0.5) is 0 Å². The second-order valence-corrected chi connectivity index (χ2v) is 8.01. The normalized spacial score (nSPS) is 10.7. The fraction of sp³-hybridized carbons (Fsp3) is 0.217. The van der Waals surface area contributed by atoms with Gasteiger partial charge in [-0.15, -0.1) is 11.3 Å². The Morgan fingerprint density at radius 1 is 1.06 bits per heavy atom. The first kappa shape index (κ1) is 21.5. The number of rotatable bonds is 8. The van der Waals surface area contributed by atoms with Crippen molar-refractivity contribution in [3.05, 3.63) is 64.3 Å². The fourth-order valence-electron chi connectivity index (χ4n) is 3.18. The molecule has 0 aliphatic heterocycles. The van der Waals surface area contributed by atoms with Gasteiger partial charge in [-0.1, -0.05) is 29.4 Å². The van der Waals surface area contributed by atoms with Gasteiger partial charge in [0.15, 0.2) is 11.5 Å². The van der Waals surface area contributed by atoms with Crippen molar-refractivity contribution in [3.8, 4) is 34.1 Å². The van der Waals surface area contributed by atoms with Crippen LogP contribution in [0.3, 0.4) is 0 Å². The molecule has 0 aliphatic rings. The van der Waals surface area contributed by atoms with Crippen molar-refractivity contribution in [2.24, 2.45) is 0 Å². The molecule has 9 heteroatoms.